The maximum atomic E-state index is 13.3. The van der Waals surface area contributed by atoms with Gasteiger partial charge < -0.3 is 14.3 Å². The lowest BCUT2D eigenvalue weighted by Gasteiger charge is -2.18. The van der Waals surface area contributed by atoms with Gasteiger partial charge in [0.15, 0.2) is 11.5 Å². The Morgan fingerprint density at radius 3 is 1.45 bits per heavy atom. The lowest BCUT2D eigenvalue weighted by atomic mass is 10.1. The Morgan fingerprint density at radius 1 is 0.621 bits per heavy atom. The van der Waals surface area contributed by atoms with Gasteiger partial charge >= 0.3 is 7.82 Å². The van der Waals surface area contributed by atoms with E-state index in [1.54, 1.807) is 24.3 Å². The molecule has 3 aromatic carbocycles. The standard InChI is InChI=1S/C22H23O6P/c1-16-8-12-20(13-9-16)24-27-29(23,26-22-18(3)6-5-7-19(22)4)28-25-21-14-10-17(2)11-15-21/h5-15H,1-4H3. The Balaban J connectivity index is 1.79. The SMILES string of the molecule is Cc1ccc(OOP(=O)(OOc2ccc(C)cc2)Oc2c(C)cccc2C)cc1. The largest absolute Gasteiger partial charge is 0.604 e. The van der Waals surface area contributed by atoms with Gasteiger partial charge in [-0.2, -0.15) is 0 Å². The molecule has 152 valence electrons. The fraction of sp³-hybridized carbons (Fsp3) is 0.182. The zero-order valence-electron chi connectivity index (χ0n) is 16.7. The highest BCUT2D eigenvalue weighted by Crippen LogP contribution is 2.51. The third kappa shape index (κ3) is 5.84. The van der Waals surface area contributed by atoms with E-state index in [1.165, 1.54) is 0 Å². The Hall–Kier alpha value is -2.79. The molecule has 0 radical (unpaired) electrons. The van der Waals surface area contributed by atoms with Gasteiger partial charge in [0, 0.05) is 0 Å². The second kappa shape index (κ2) is 9.14. The highest BCUT2D eigenvalue weighted by Gasteiger charge is 2.35. The van der Waals surface area contributed by atoms with Crippen LogP contribution in [0.3, 0.4) is 0 Å². The molecule has 0 unspecified atom stereocenters. The number of aryl methyl sites for hydroxylation is 4. The Morgan fingerprint density at radius 2 is 1.03 bits per heavy atom. The first-order chi connectivity index (χ1) is 13.8. The van der Waals surface area contributed by atoms with Gasteiger partial charge in [0.2, 0.25) is 0 Å². The number of hydrogen-bond donors (Lipinski definition) is 0. The van der Waals surface area contributed by atoms with Crippen LogP contribution < -0.4 is 14.3 Å². The van der Waals surface area contributed by atoms with Crippen molar-refractivity contribution in [1.82, 2.24) is 0 Å². The van der Waals surface area contributed by atoms with Crippen molar-refractivity contribution in [1.29, 1.82) is 0 Å². The number of phosphoric acid groups is 1. The van der Waals surface area contributed by atoms with Crippen LogP contribution in [0, 0.1) is 27.7 Å². The van der Waals surface area contributed by atoms with Gasteiger partial charge in [-0.15, -0.1) is 0 Å². The van der Waals surface area contributed by atoms with Crippen LogP contribution in [-0.4, -0.2) is 0 Å². The van der Waals surface area contributed by atoms with Gasteiger partial charge in [-0.25, -0.2) is 4.57 Å². The van der Waals surface area contributed by atoms with Crippen LogP contribution in [0.15, 0.2) is 66.7 Å². The first-order valence-corrected chi connectivity index (χ1v) is 10.5. The summed E-state index contributed by atoms with van der Waals surface area (Å²) in [5, 5.41) is 0. The average molecular weight is 414 g/mol. The minimum absolute atomic E-state index is 0.347. The van der Waals surface area contributed by atoms with Crippen LogP contribution in [0.4, 0.5) is 0 Å². The number of benzene rings is 3. The third-order valence-electron chi connectivity index (χ3n) is 4.10. The van der Waals surface area contributed by atoms with E-state index in [0.717, 1.165) is 22.3 Å². The van der Waals surface area contributed by atoms with E-state index in [-0.39, 0.29) is 0 Å². The van der Waals surface area contributed by atoms with E-state index in [0.29, 0.717) is 17.2 Å². The summed E-state index contributed by atoms with van der Waals surface area (Å²) < 4.78 is 29.1. The molecule has 0 aliphatic carbocycles. The molecule has 3 rings (SSSR count). The Bertz CT molecular complexity index is 925. The van der Waals surface area contributed by atoms with Crippen molar-refractivity contribution in [2.75, 3.05) is 0 Å². The maximum Gasteiger partial charge on any atom is 0.604 e. The second-order valence-electron chi connectivity index (χ2n) is 6.70. The van der Waals surface area contributed by atoms with Crippen molar-refractivity contribution < 1.29 is 28.2 Å². The van der Waals surface area contributed by atoms with Crippen LogP contribution >= 0.6 is 7.82 Å². The van der Waals surface area contributed by atoms with Crippen LogP contribution in [0.1, 0.15) is 22.3 Å². The monoisotopic (exact) mass is 414 g/mol. The summed E-state index contributed by atoms with van der Waals surface area (Å²) in [4.78, 5) is 10.4. The fourth-order valence-corrected chi connectivity index (χ4v) is 3.41. The van der Waals surface area contributed by atoms with Gasteiger partial charge in [0.05, 0.1) is 0 Å². The zero-order chi connectivity index (χ0) is 20.9. The quantitative estimate of drug-likeness (QED) is 0.240. The van der Waals surface area contributed by atoms with E-state index in [4.69, 9.17) is 23.6 Å². The molecule has 0 aromatic heterocycles. The lowest BCUT2D eigenvalue weighted by molar-refractivity contribution is -0.185. The van der Waals surface area contributed by atoms with Crippen molar-refractivity contribution in [3.05, 3.63) is 89.0 Å². The van der Waals surface area contributed by atoms with E-state index in [2.05, 4.69) is 0 Å². The summed E-state index contributed by atoms with van der Waals surface area (Å²) >= 11 is 0. The average Bonchev–Trinajstić information content (AvgIpc) is 2.70. The topological polar surface area (TPSA) is 63.2 Å². The summed E-state index contributed by atoms with van der Waals surface area (Å²) in [5.74, 6) is 1.07. The van der Waals surface area contributed by atoms with Crippen molar-refractivity contribution >= 4 is 7.82 Å². The molecule has 7 heteroatoms. The fourth-order valence-electron chi connectivity index (χ4n) is 2.46. The number of para-hydroxylation sites is 1. The third-order valence-corrected chi connectivity index (χ3v) is 5.02. The molecule has 0 amide bonds. The molecule has 0 bridgehead atoms. The predicted octanol–water partition coefficient (Wildman–Crippen LogP) is 6.43. The lowest BCUT2D eigenvalue weighted by Crippen LogP contribution is -2.09. The van der Waals surface area contributed by atoms with Crippen LogP contribution in [0.5, 0.6) is 17.2 Å². The van der Waals surface area contributed by atoms with Crippen LogP contribution in [0.2, 0.25) is 0 Å². The second-order valence-corrected chi connectivity index (χ2v) is 8.08. The summed E-state index contributed by atoms with van der Waals surface area (Å²) in [6, 6.07) is 19.6. The van der Waals surface area contributed by atoms with Crippen LogP contribution in [-0.2, 0) is 13.9 Å². The molecule has 3 aromatic rings. The summed E-state index contributed by atoms with van der Waals surface area (Å²) in [5.41, 5.74) is 3.63. The number of hydrogen-bond acceptors (Lipinski definition) is 6. The van der Waals surface area contributed by atoms with Gasteiger partial charge in [-0.05, 0) is 63.1 Å². The predicted molar refractivity (Wildman–Crippen MR) is 110 cm³/mol. The van der Waals surface area contributed by atoms with Gasteiger partial charge in [-0.1, -0.05) is 62.9 Å². The van der Waals surface area contributed by atoms with E-state index in [9.17, 15) is 4.57 Å². The molecule has 0 N–H and O–H groups in total. The minimum atomic E-state index is -4.29. The van der Waals surface area contributed by atoms with Crippen molar-refractivity contribution in [3.63, 3.8) is 0 Å². The Labute approximate surface area is 170 Å². The summed E-state index contributed by atoms with van der Waals surface area (Å²) in [7, 11) is -4.29. The maximum absolute atomic E-state index is 13.3. The number of rotatable bonds is 8. The van der Waals surface area contributed by atoms with Gasteiger partial charge in [0.25, 0.3) is 0 Å². The first kappa shape index (κ1) is 20.9. The van der Waals surface area contributed by atoms with Crippen molar-refractivity contribution in [2.45, 2.75) is 27.7 Å². The molecule has 0 atom stereocenters. The molecule has 0 aliphatic heterocycles. The van der Waals surface area contributed by atoms with Gasteiger partial charge in [0.1, 0.15) is 5.75 Å². The molecule has 0 saturated carbocycles. The summed E-state index contributed by atoms with van der Waals surface area (Å²) in [6.07, 6.45) is 0. The minimum Gasteiger partial charge on any atom is -0.400 e. The normalized spacial score (nSPS) is 11.2. The van der Waals surface area contributed by atoms with E-state index in [1.807, 2.05) is 70.2 Å². The Kier molecular flexibility index (Phi) is 6.60. The highest BCUT2D eigenvalue weighted by molar-refractivity contribution is 7.48. The first-order valence-electron chi connectivity index (χ1n) is 9.06. The van der Waals surface area contributed by atoms with Crippen molar-refractivity contribution in [3.8, 4) is 17.2 Å². The molecule has 0 aliphatic rings. The summed E-state index contributed by atoms with van der Waals surface area (Å²) in [6.45, 7) is 7.54. The molecule has 0 spiro atoms. The molecule has 0 saturated heterocycles. The zero-order valence-corrected chi connectivity index (χ0v) is 17.6. The molecule has 29 heavy (non-hydrogen) atoms. The van der Waals surface area contributed by atoms with E-state index >= 15 is 0 Å². The van der Waals surface area contributed by atoms with Gasteiger partial charge in [-0.3, -0.25) is 0 Å². The van der Waals surface area contributed by atoms with Crippen molar-refractivity contribution in [2.24, 2.45) is 0 Å². The smallest absolute Gasteiger partial charge is 0.400 e. The highest BCUT2D eigenvalue weighted by atomic mass is 31.2. The molecule has 0 fully saturated rings. The molecule has 0 heterocycles. The molecular formula is C22H23O6P. The van der Waals surface area contributed by atoms with Crippen LogP contribution in [0.25, 0.3) is 0 Å². The van der Waals surface area contributed by atoms with E-state index < -0.39 is 7.82 Å². The molecular weight excluding hydrogens is 391 g/mol. The molecule has 6 nitrogen and oxygen atoms in total.